The third-order valence-electron chi connectivity index (χ3n) is 10.3. The number of benzene rings is 1. The van der Waals surface area contributed by atoms with Crippen molar-refractivity contribution in [2.75, 3.05) is 24.6 Å². The molecule has 1 aromatic carbocycles. The monoisotopic (exact) mass is 706 g/mol. The Morgan fingerprint density at radius 1 is 0.960 bits per heavy atom. The van der Waals surface area contributed by atoms with E-state index < -0.39 is 42.0 Å². The normalized spacial score (nSPS) is 22.5. The summed E-state index contributed by atoms with van der Waals surface area (Å²) in [5.74, 6) is -2.66. The Hall–Kier alpha value is -3.45. The second kappa shape index (κ2) is 13.9. The zero-order valence-electron chi connectivity index (χ0n) is 28.5. The van der Waals surface area contributed by atoms with Gasteiger partial charge < -0.3 is 19.8 Å². The standard InChI is InChI=1S/C37H44F6N4O3/c1-21(48)20-50-26-18-44-34(45-19-26)47-14-10-24(11-15-47)33-31(32(38)23-4-6-25(7-5-23)37(41,42)43)29(22-8-12-36(39,40)13-9-22)30-27(46-33)16-35(2,3)17-28(30)49/h4-7,18-19,21-22,24,28,32,48-49H,8-17,20H2,1-3H3/t21-,28-,32?/m0/s1. The van der Waals surface area contributed by atoms with Crippen LogP contribution in [0.5, 0.6) is 5.75 Å². The predicted octanol–water partition coefficient (Wildman–Crippen LogP) is 8.39. The van der Waals surface area contributed by atoms with Gasteiger partial charge in [0.25, 0.3) is 0 Å². The van der Waals surface area contributed by atoms with E-state index in [9.17, 15) is 32.2 Å². The van der Waals surface area contributed by atoms with E-state index >= 15 is 4.39 Å². The molecule has 3 aliphatic rings. The minimum atomic E-state index is -4.60. The van der Waals surface area contributed by atoms with Crippen LogP contribution in [0.2, 0.25) is 0 Å². The number of rotatable bonds is 8. The van der Waals surface area contributed by atoms with E-state index in [1.807, 2.05) is 18.7 Å². The summed E-state index contributed by atoms with van der Waals surface area (Å²) in [5, 5.41) is 21.1. The molecule has 2 aliphatic carbocycles. The van der Waals surface area contributed by atoms with Crippen molar-refractivity contribution in [2.45, 2.75) is 114 Å². The molecule has 272 valence electrons. The first-order valence-corrected chi connectivity index (χ1v) is 17.3. The largest absolute Gasteiger partial charge is 0.488 e. The third-order valence-corrected chi connectivity index (χ3v) is 10.3. The summed E-state index contributed by atoms with van der Waals surface area (Å²) in [5.41, 5.74) is 1.12. The van der Waals surface area contributed by atoms with Crippen LogP contribution in [-0.4, -0.2) is 56.9 Å². The minimum absolute atomic E-state index is 0.0118. The molecule has 0 bridgehead atoms. The zero-order valence-corrected chi connectivity index (χ0v) is 28.5. The van der Waals surface area contributed by atoms with Crippen molar-refractivity contribution in [3.8, 4) is 5.75 Å². The number of aliphatic hydroxyl groups is 2. The van der Waals surface area contributed by atoms with E-state index in [1.54, 1.807) is 6.92 Å². The number of nitrogens with zero attached hydrogens (tertiary/aromatic N) is 4. The maximum absolute atomic E-state index is 17.2. The van der Waals surface area contributed by atoms with Crippen molar-refractivity contribution in [3.63, 3.8) is 0 Å². The first-order valence-electron chi connectivity index (χ1n) is 17.3. The number of alkyl halides is 6. The SMILES string of the molecule is C[C@H](O)COc1cnc(N2CCC(c3nc4c(c(C5CCC(F)(F)CC5)c3C(F)c3ccc(C(F)(F)F)cc3)[C@@H](O)CC(C)(C)C4)CC2)nc1. The lowest BCUT2D eigenvalue weighted by molar-refractivity contribution is -0.137. The lowest BCUT2D eigenvalue weighted by Gasteiger charge is -2.41. The van der Waals surface area contributed by atoms with Crippen LogP contribution in [0.1, 0.15) is 129 Å². The molecule has 0 amide bonds. The number of halogens is 6. The van der Waals surface area contributed by atoms with E-state index in [-0.39, 0.29) is 54.7 Å². The number of anilines is 1. The van der Waals surface area contributed by atoms with E-state index in [2.05, 4.69) is 9.97 Å². The molecular formula is C37H44F6N4O3. The molecule has 6 rings (SSSR count). The molecule has 2 N–H and O–H groups in total. The molecule has 1 unspecified atom stereocenters. The number of ether oxygens (including phenoxy) is 1. The molecule has 0 radical (unpaired) electrons. The van der Waals surface area contributed by atoms with Crippen LogP contribution in [0.3, 0.4) is 0 Å². The number of hydrogen-bond acceptors (Lipinski definition) is 7. The van der Waals surface area contributed by atoms with Gasteiger partial charge in [0.05, 0.1) is 35.9 Å². The van der Waals surface area contributed by atoms with Crippen molar-refractivity contribution < 1.29 is 41.3 Å². The Labute approximate surface area is 288 Å². The molecule has 3 atom stereocenters. The van der Waals surface area contributed by atoms with E-state index in [0.29, 0.717) is 73.0 Å². The number of pyridine rings is 1. The van der Waals surface area contributed by atoms with Gasteiger partial charge in [-0.15, -0.1) is 0 Å². The molecule has 50 heavy (non-hydrogen) atoms. The van der Waals surface area contributed by atoms with Crippen molar-refractivity contribution in [1.29, 1.82) is 0 Å². The predicted molar refractivity (Wildman–Crippen MR) is 175 cm³/mol. The molecule has 1 saturated heterocycles. The van der Waals surface area contributed by atoms with Crippen LogP contribution in [0.15, 0.2) is 36.7 Å². The number of fused-ring (bicyclic) bond motifs is 1. The van der Waals surface area contributed by atoms with Gasteiger partial charge in [0.1, 0.15) is 6.61 Å². The summed E-state index contributed by atoms with van der Waals surface area (Å²) in [6, 6.07) is 3.96. The molecule has 1 saturated carbocycles. The summed E-state index contributed by atoms with van der Waals surface area (Å²) >= 11 is 0. The summed E-state index contributed by atoms with van der Waals surface area (Å²) in [4.78, 5) is 15.9. The van der Waals surface area contributed by atoms with Crippen molar-refractivity contribution >= 4 is 5.95 Å². The second-order valence-electron chi connectivity index (χ2n) is 15.0. The van der Waals surface area contributed by atoms with Gasteiger partial charge in [-0.1, -0.05) is 26.0 Å². The van der Waals surface area contributed by atoms with Crippen LogP contribution in [-0.2, 0) is 12.6 Å². The fraction of sp³-hybridized carbons (Fsp3) is 0.595. The average Bonchev–Trinajstić information content (AvgIpc) is 3.06. The first-order chi connectivity index (χ1) is 23.5. The summed E-state index contributed by atoms with van der Waals surface area (Å²) in [7, 11) is 0. The Morgan fingerprint density at radius 2 is 1.58 bits per heavy atom. The number of hydrogen-bond donors (Lipinski definition) is 2. The molecule has 3 aromatic rings. The summed E-state index contributed by atoms with van der Waals surface area (Å²) < 4.78 is 91.9. The molecule has 2 fully saturated rings. The van der Waals surface area contributed by atoms with Crippen molar-refractivity contribution in [3.05, 3.63) is 75.9 Å². The Balaban J connectivity index is 1.40. The number of aromatic nitrogens is 3. The summed E-state index contributed by atoms with van der Waals surface area (Å²) in [6.45, 7) is 6.77. The van der Waals surface area contributed by atoms with Crippen LogP contribution in [0.4, 0.5) is 32.3 Å². The van der Waals surface area contributed by atoms with Gasteiger partial charge in [-0.3, -0.25) is 4.98 Å². The highest BCUT2D eigenvalue weighted by Crippen LogP contribution is 2.52. The van der Waals surface area contributed by atoms with E-state index in [0.717, 1.165) is 24.3 Å². The fourth-order valence-electron chi connectivity index (χ4n) is 7.83. The van der Waals surface area contributed by atoms with Crippen LogP contribution >= 0.6 is 0 Å². The highest BCUT2D eigenvalue weighted by atomic mass is 19.4. The topological polar surface area (TPSA) is 91.6 Å². The van der Waals surface area contributed by atoms with Crippen LogP contribution < -0.4 is 9.64 Å². The first kappa shape index (κ1) is 36.3. The third kappa shape index (κ3) is 7.88. The highest BCUT2D eigenvalue weighted by molar-refractivity contribution is 5.51. The Morgan fingerprint density at radius 3 is 2.16 bits per heavy atom. The molecule has 1 aliphatic heterocycles. The molecular weight excluding hydrogens is 662 g/mol. The van der Waals surface area contributed by atoms with Crippen LogP contribution in [0, 0.1) is 5.41 Å². The van der Waals surface area contributed by atoms with Crippen molar-refractivity contribution in [2.24, 2.45) is 5.41 Å². The van der Waals surface area contributed by atoms with Gasteiger partial charge in [0, 0.05) is 48.7 Å². The Kier molecular flexibility index (Phi) is 10.1. The molecule has 7 nitrogen and oxygen atoms in total. The van der Waals surface area contributed by atoms with Gasteiger partial charge in [-0.2, -0.15) is 13.2 Å². The van der Waals surface area contributed by atoms with Gasteiger partial charge in [-0.05, 0) is 80.0 Å². The zero-order chi connectivity index (χ0) is 36.0. The number of piperidine rings is 1. The van der Waals surface area contributed by atoms with Crippen LogP contribution in [0.25, 0.3) is 0 Å². The van der Waals surface area contributed by atoms with E-state index in [4.69, 9.17) is 9.72 Å². The maximum Gasteiger partial charge on any atom is 0.416 e. The quantitative estimate of drug-likeness (QED) is 0.228. The van der Waals surface area contributed by atoms with Gasteiger partial charge in [0.15, 0.2) is 11.9 Å². The smallest absolute Gasteiger partial charge is 0.416 e. The lowest BCUT2D eigenvalue weighted by atomic mass is 9.68. The maximum atomic E-state index is 17.2. The fourth-order valence-corrected chi connectivity index (χ4v) is 7.83. The van der Waals surface area contributed by atoms with E-state index in [1.165, 1.54) is 12.4 Å². The molecule has 3 heterocycles. The summed E-state index contributed by atoms with van der Waals surface area (Å²) in [6.07, 6.45) is -3.64. The van der Waals surface area contributed by atoms with Crippen molar-refractivity contribution in [1.82, 2.24) is 15.0 Å². The highest BCUT2D eigenvalue weighted by Gasteiger charge is 2.44. The van der Waals surface area contributed by atoms with Gasteiger partial charge in [0.2, 0.25) is 11.9 Å². The average molecular weight is 707 g/mol. The molecule has 2 aromatic heterocycles. The second-order valence-corrected chi connectivity index (χ2v) is 15.0. The molecule has 0 spiro atoms. The van der Waals surface area contributed by atoms with Gasteiger partial charge in [-0.25, -0.2) is 23.1 Å². The Bertz CT molecular complexity index is 1630. The minimum Gasteiger partial charge on any atom is -0.488 e. The number of aliphatic hydroxyl groups excluding tert-OH is 2. The molecule has 13 heteroatoms. The lowest BCUT2D eigenvalue weighted by Crippen LogP contribution is -2.36. The van der Waals surface area contributed by atoms with Gasteiger partial charge >= 0.3 is 6.18 Å².